The molecule has 3 heterocycles. The summed E-state index contributed by atoms with van der Waals surface area (Å²) in [5, 5.41) is 9.89. The van der Waals surface area contributed by atoms with Crippen molar-refractivity contribution in [1.82, 2.24) is 4.90 Å². The standard InChI is InChI=1S/C27H26N2O3/c1-27(29-14-5-15-29)11-10-22-24(17-27)32-23-16-18(28-12-4-13-28)8-9-21(23)25(22)19-6-2-3-7-20(19)26(30)31/h2-3,6-11,16-17H,4-5,12-15H2,1H3,(H,30,31). The van der Waals surface area contributed by atoms with Crippen LogP contribution < -0.4 is 9.64 Å². The third-order valence-electron chi connectivity index (χ3n) is 7.19. The lowest BCUT2D eigenvalue weighted by Gasteiger charge is -2.45. The van der Waals surface area contributed by atoms with Crippen LogP contribution in [-0.2, 0) is 0 Å². The zero-order valence-corrected chi connectivity index (χ0v) is 18.2. The first-order valence-corrected chi connectivity index (χ1v) is 11.4. The van der Waals surface area contributed by atoms with Crippen molar-refractivity contribution in [2.45, 2.75) is 25.3 Å². The van der Waals surface area contributed by atoms with Gasteiger partial charge in [-0.1, -0.05) is 30.4 Å². The maximum Gasteiger partial charge on any atom is 0.336 e. The molecule has 2 fully saturated rings. The summed E-state index contributed by atoms with van der Waals surface area (Å²) in [6.45, 7) is 6.49. The number of benzene rings is 2. The third-order valence-corrected chi connectivity index (χ3v) is 7.19. The molecule has 0 aromatic heterocycles. The molecule has 1 N–H and O–H groups in total. The van der Waals surface area contributed by atoms with E-state index in [9.17, 15) is 9.90 Å². The largest absolute Gasteiger partial charge is 0.478 e. The number of fused-ring (bicyclic) bond motifs is 2. The SMILES string of the molecule is CC1(N2CCC2)C=CC2=C(c3ccccc3C(=O)O)c3ccc(N4CCC4)cc3OC2=C1. The van der Waals surface area contributed by atoms with Crippen molar-refractivity contribution in [3.05, 3.63) is 88.7 Å². The predicted octanol–water partition coefficient (Wildman–Crippen LogP) is 4.71. The van der Waals surface area contributed by atoms with Gasteiger partial charge in [0.1, 0.15) is 11.5 Å². The molecule has 2 aromatic rings. The fraction of sp³-hybridized carbons (Fsp3) is 0.296. The van der Waals surface area contributed by atoms with Gasteiger partial charge in [0.05, 0.1) is 11.1 Å². The van der Waals surface area contributed by atoms with Gasteiger partial charge in [0.2, 0.25) is 0 Å². The first-order chi connectivity index (χ1) is 15.5. The van der Waals surface area contributed by atoms with E-state index in [2.05, 4.69) is 53.2 Å². The van der Waals surface area contributed by atoms with E-state index in [1.165, 1.54) is 12.8 Å². The average Bonchev–Trinajstić information content (AvgIpc) is 2.69. The zero-order valence-electron chi connectivity index (χ0n) is 18.2. The molecule has 4 aliphatic rings. The first-order valence-electron chi connectivity index (χ1n) is 11.4. The minimum Gasteiger partial charge on any atom is -0.478 e. The Morgan fingerprint density at radius 3 is 2.50 bits per heavy atom. The van der Waals surface area contributed by atoms with Crippen LogP contribution in [0, 0.1) is 0 Å². The van der Waals surface area contributed by atoms with Crippen LogP contribution in [0.2, 0.25) is 0 Å². The second-order valence-electron chi connectivity index (χ2n) is 9.17. The normalized spacial score (nSPS) is 24.0. The number of nitrogens with zero attached hydrogens (tertiary/aromatic N) is 2. The molecular formula is C27H26N2O3. The molecule has 0 saturated carbocycles. The smallest absolute Gasteiger partial charge is 0.336 e. The molecule has 5 nitrogen and oxygen atoms in total. The highest BCUT2D eigenvalue weighted by molar-refractivity contribution is 6.00. The van der Waals surface area contributed by atoms with E-state index in [0.29, 0.717) is 5.56 Å². The maximum atomic E-state index is 12.1. The van der Waals surface area contributed by atoms with Gasteiger partial charge in [-0.25, -0.2) is 4.79 Å². The molecule has 32 heavy (non-hydrogen) atoms. The lowest BCUT2D eigenvalue weighted by atomic mass is 9.81. The summed E-state index contributed by atoms with van der Waals surface area (Å²) in [6.07, 6.45) is 8.97. The van der Waals surface area contributed by atoms with Crippen LogP contribution in [0.25, 0.3) is 5.57 Å². The van der Waals surface area contributed by atoms with Crippen LogP contribution in [0.4, 0.5) is 5.69 Å². The molecule has 0 spiro atoms. The van der Waals surface area contributed by atoms with Gasteiger partial charge in [-0.2, -0.15) is 0 Å². The molecule has 2 saturated heterocycles. The summed E-state index contributed by atoms with van der Waals surface area (Å²) < 4.78 is 6.51. The molecule has 1 aliphatic carbocycles. The number of anilines is 1. The molecule has 162 valence electrons. The van der Waals surface area contributed by atoms with Gasteiger partial charge in [-0.3, -0.25) is 4.90 Å². The Balaban J connectivity index is 1.56. The van der Waals surface area contributed by atoms with Crippen molar-refractivity contribution >= 4 is 17.2 Å². The number of hydrogen-bond acceptors (Lipinski definition) is 4. The highest BCUT2D eigenvalue weighted by Crippen LogP contribution is 2.47. The fourth-order valence-corrected chi connectivity index (χ4v) is 5.03. The van der Waals surface area contributed by atoms with Gasteiger partial charge in [-0.15, -0.1) is 0 Å². The second kappa shape index (κ2) is 7.10. The average molecular weight is 427 g/mol. The summed E-state index contributed by atoms with van der Waals surface area (Å²) in [7, 11) is 0. The van der Waals surface area contributed by atoms with Crippen LogP contribution in [0.5, 0.6) is 5.75 Å². The second-order valence-corrected chi connectivity index (χ2v) is 9.17. The third kappa shape index (κ3) is 2.92. The number of carbonyl (C=O) groups is 1. The molecule has 1 unspecified atom stereocenters. The maximum absolute atomic E-state index is 12.1. The Hall–Kier alpha value is -3.31. The van der Waals surface area contributed by atoms with Crippen LogP contribution >= 0.6 is 0 Å². The van der Waals surface area contributed by atoms with Crippen molar-refractivity contribution < 1.29 is 14.6 Å². The quantitative estimate of drug-likeness (QED) is 0.768. The molecule has 0 bridgehead atoms. The molecule has 0 radical (unpaired) electrons. The van der Waals surface area contributed by atoms with Crippen molar-refractivity contribution in [3.8, 4) is 5.75 Å². The molecule has 1 atom stereocenters. The first kappa shape index (κ1) is 19.4. The topological polar surface area (TPSA) is 53.0 Å². The Kier molecular flexibility index (Phi) is 4.30. The lowest BCUT2D eigenvalue weighted by molar-refractivity contribution is 0.0696. The van der Waals surface area contributed by atoms with E-state index >= 15 is 0 Å². The zero-order chi connectivity index (χ0) is 21.9. The van der Waals surface area contributed by atoms with Crippen LogP contribution in [-0.4, -0.2) is 47.7 Å². The highest BCUT2D eigenvalue weighted by atomic mass is 16.5. The summed E-state index contributed by atoms with van der Waals surface area (Å²) in [6, 6.07) is 13.6. The number of allylic oxidation sites excluding steroid dienone is 1. The molecule has 5 heteroatoms. The minimum atomic E-state index is -0.922. The number of carboxylic acids is 1. The van der Waals surface area contributed by atoms with Crippen LogP contribution in [0.3, 0.4) is 0 Å². The Bertz CT molecular complexity index is 1220. The number of likely N-dealkylation sites (tertiary alicyclic amines) is 1. The van der Waals surface area contributed by atoms with E-state index in [1.807, 2.05) is 12.1 Å². The van der Waals surface area contributed by atoms with E-state index in [-0.39, 0.29) is 5.54 Å². The predicted molar refractivity (Wildman–Crippen MR) is 125 cm³/mol. The van der Waals surface area contributed by atoms with Crippen LogP contribution in [0.15, 0.2) is 72.0 Å². The Morgan fingerprint density at radius 2 is 1.81 bits per heavy atom. The Labute approximate surface area is 187 Å². The summed E-state index contributed by atoms with van der Waals surface area (Å²) >= 11 is 0. The van der Waals surface area contributed by atoms with E-state index in [1.54, 1.807) is 12.1 Å². The van der Waals surface area contributed by atoms with Crippen molar-refractivity contribution in [2.75, 3.05) is 31.1 Å². The van der Waals surface area contributed by atoms with E-state index < -0.39 is 5.97 Å². The van der Waals surface area contributed by atoms with Crippen molar-refractivity contribution in [2.24, 2.45) is 0 Å². The molecule has 6 rings (SSSR count). The van der Waals surface area contributed by atoms with Crippen molar-refractivity contribution in [3.63, 3.8) is 0 Å². The molecule has 0 amide bonds. The van der Waals surface area contributed by atoms with Gasteiger partial charge in [0.15, 0.2) is 0 Å². The number of carboxylic acid groups (broad SMARTS) is 1. The van der Waals surface area contributed by atoms with Crippen LogP contribution in [0.1, 0.15) is 41.3 Å². The number of aromatic carboxylic acids is 1. The van der Waals surface area contributed by atoms with Gasteiger partial charge in [0, 0.05) is 54.6 Å². The summed E-state index contributed by atoms with van der Waals surface area (Å²) in [4.78, 5) is 16.8. The molecule has 3 aliphatic heterocycles. The van der Waals surface area contributed by atoms with Crippen molar-refractivity contribution in [1.29, 1.82) is 0 Å². The van der Waals surface area contributed by atoms with Gasteiger partial charge >= 0.3 is 5.97 Å². The van der Waals surface area contributed by atoms with E-state index in [4.69, 9.17) is 4.74 Å². The number of ether oxygens (including phenoxy) is 1. The highest BCUT2D eigenvalue weighted by Gasteiger charge is 2.37. The fourth-order valence-electron chi connectivity index (χ4n) is 5.03. The monoisotopic (exact) mass is 426 g/mol. The van der Waals surface area contributed by atoms with E-state index in [0.717, 1.165) is 65.6 Å². The minimum absolute atomic E-state index is 0.193. The molecule has 2 aromatic carbocycles. The number of hydrogen-bond donors (Lipinski definition) is 1. The number of rotatable bonds is 4. The lowest BCUT2D eigenvalue weighted by Crippen LogP contribution is -2.52. The molecular weight excluding hydrogens is 400 g/mol. The summed E-state index contributed by atoms with van der Waals surface area (Å²) in [5.74, 6) is 0.681. The van der Waals surface area contributed by atoms with Gasteiger partial charge < -0.3 is 14.7 Å². The summed E-state index contributed by atoms with van der Waals surface area (Å²) in [5.41, 5.74) is 4.79. The van der Waals surface area contributed by atoms with Gasteiger partial charge in [0.25, 0.3) is 0 Å². The Morgan fingerprint density at radius 1 is 1.03 bits per heavy atom. The van der Waals surface area contributed by atoms with Gasteiger partial charge in [-0.05, 0) is 49.6 Å².